The number of hydrogen-bond donors (Lipinski definition) is 4. The Morgan fingerprint density at radius 3 is 1.98 bits per heavy atom. The normalized spacial score (nSPS) is 40.9. The molecule has 10 atom stereocenters. The molecule has 0 spiro atoms. The molecule has 6 aliphatic rings. The van der Waals surface area contributed by atoms with E-state index in [1.165, 1.54) is 40.7 Å². The average Bonchev–Trinajstić information content (AvgIpc) is 3.46. The van der Waals surface area contributed by atoms with E-state index in [4.69, 9.17) is 0 Å². The summed E-state index contributed by atoms with van der Waals surface area (Å²) in [6, 6.07) is 7.79. The molecule has 2 aromatic carbocycles. The van der Waals surface area contributed by atoms with Crippen LogP contribution in [0.1, 0.15) is 117 Å². The van der Waals surface area contributed by atoms with Crippen molar-refractivity contribution in [2.45, 2.75) is 116 Å². The van der Waals surface area contributed by atoms with Crippen LogP contribution in [0.3, 0.4) is 0 Å². The fraction of sp³-hybridized carbons (Fsp3) is 0.632. The van der Waals surface area contributed by atoms with E-state index in [0.717, 1.165) is 56.9 Å². The van der Waals surface area contributed by atoms with Gasteiger partial charge in [-0.05, 0) is 159 Å². The van der Waals surface area contributed by atoms with Crippen molar-refractivity contribution in [1.82, 2.24) is 0 Å². The number of benzene rings is 2. The van der Waals surface area contributed by atoms with Gasteiger partial charge in [-0.15, -0.1) is 0 Å². The number of phenols is 2. The maximum absolute atomic E-state index is 10.4. The molecular weight excluding hydrogens is 520 g/mol. The molecule has 4 N–H and O–H groups in total. The lowest BCUT2D eigenvalue weighted by atomic mass is 9.55. The zero-order valence-electron chi connectivity index (χ0n) is 25.9. The summed E-state index contributed by atoms with van der Waals surface area (Å²) in [6.45, 7) is 8.86. The molecule has 0 aliphatic heterocycles. The van der Waals surface area contributed by atoms with Gasteiger partial charge in [0.15, 0.2) is 0 Å². The molecule has 0 saturated heterocycles. The quantitative estimate of drug-likeness (QED) is 0.259. The molecular formula is C38H50O4. The number of hydrogen-bond acceptors (Lipinski definition) is 4. The average molecular weight is 571 g/mol. The minimum Gasteiger partial charge on any atom is -0.508 e. The number of allylic oxidation sites excluding steroid dienone is 1. The molecule has 4 saturated carbocycles. The highest BCUT2D eigenvalue weighted by atomic mass is 16.3. The first-order valence-electron chi connectivity index (χ1n) is 16.7. The Morgan fingerprint density at radius 2 is 1.26 bits per heavy atom. The summed E-state index contributed by atoms with van der Waals surface area (Å²) < 4.78 is 0. The smallest absolute Gasteiger partial charge is 0.119 e. The molecule has 4 nitrogen and oxygen atoms in total. The van der Waals surface area contributed by atoms with Crippen LogP contribution in [0.4, 0.5) is 0 Å². The van der Waals surface area contributed by atoms with Crippen LogP contribution in [0.2, 0.25) is 0 Å². The summed E-state index contributed by atoms with van der Waals surface area (Å²) in [6.07, 6.45) is 15.2. The number of aliphatic hydroxyl groups is 2. The summed E-state index contributed by atoms with van der Waals surface area (Å²) in [5, 5.41) is 41.6. The largest absolute Gasteiger partial charge is 0.508 e. The molecule has 42 heavy (non-hydrogen) atoms. The SMILES string of the molecule is Cc1ccc(O)c2c1C=C[C@@H]1[C@@H]2CC[C@]2(C)[C@H](O)CC[C@@H]12.Cc1ccc(O)c2c1CC[C@@H]1[C@@H]2CC[C@]2(C)[C@H](O)CC[C@@H]12. The lowest BCUT2D eigenvalue weighted by Gasteiger charge is -2.50. The van der Waals surface area contributed by atoms with Gasteiger partial charge in [-0.1, -0.05) is 38.1 Å². The Bertz CT molecular complexity index is 1410. The van der Waals surface area contributed by atoms with Crippen LogP contribution in [0.25, 0.3) is 6.08 Å². The predicted octanol–water partition coefficient (Wildman–Crippen LogP) is 7.92. The lowest BCUT2D eigenvalue weighted by molar-refractivity contribution is -0.0229. The Labute approximate surface area is 251 Å². The number of aryl methyl sites for hydroxylation is 2. The second kappa shape index (κ2) is 10.1. The van der Waals surface area contributed by atoms with Crippen LogP contribution in [0.15, 0.2) is 30.3 Å². The summed E-state index contributed by atoms with van der Waals surface area (Å²) in [5.41, 5.74) is 7.80. The molecule has 0 bridgehead atoms. The van der Waals surface area contributed by atoms with E-state index in [1.54, 1.807) is 0 Å². The van der Waals surface area contributed by atoms with Crippen LogP contribution in [-0.2, 0) is 6.42 Å². The van der Waals surface area contributed by atoms with Crippen molar-refractivity contribution in [2.24, 2.45) is 34.5 Å². The fourth-order valence-corrected chi connectivity index (χ4v) is 11.2. The topological polar surface area (TPSA) is 80.9 Å². The van der Waals surface area contributed by atoms with E-state index in [1.807, 2.05) is 18.2 Å². The molecule has 6 aliphatic carbocycles. The molecule has 2 aromatic rings. The second-order valence-electron chi connectivity index (χ2n) is 15.4. The minimum atomic E-state index is -0.149. The maximum Gasteiger partial charge on any atom is 0.119 e. The van der Waals surface area contributed by atoms with Gasteiger partial charge in [0.2, 0.25) is 0 Å². The van der Waals surface area contributed by atoms with E-state index >= 15 is 0 Å². The van der Waals surface area contributed by atoms with E-state index in [0.29, 0.717) is 47.0 Å². The Hall–Kier alpha value is -2.30. The van der Waals surface area contributed by atoms with Crippen molar-refractivity contribution in [3.63, 3.8) is 0 Å². The van der Waals surface area contributed by atoms with Crippen LogP contribution < -0.4 is 0 Å². The van der Waals surface area contributed by atoms with Gasteiger partial charge in [-0.25, -0.2) is 0 Å². The van der Waals surface area contributed by atoms with Gasteiger partial charge in [0.1, 0.15) is 11.5 Å². The van der Waals surface area contributed by atoms with Crippen molar-refractivity contribution >= 4 is 6.08 Å². The summed E-state index contributed by atoms with van der Waals surface area (Å²) in [7, 11) is 0. The number of fused-ring (bicyclic) bond motifs is 10. The van der Waals surface area contributed by atoms with E-state index in [2.05, 4.69) is 45.9 Å². The van der Waals surface area contributed by atoms with Crippen molar-refractivity contribution in [2.75, 3.05) is 0 Å². The fourth-order valence-electron chi connectivity index (χ4n) is 11.2. The Morgan fingerprint density at radius 1 is 0.667 bits per heavy atom. The monoisotopic (exact) mass is 570 g/mol. The van der Waals surface area contributed by atoms with E-state index in [9.17, 15) is 20.4 Å². The molecule has 8 rings (SSSR count). The van der Waals surface area contributed by atoms with Crippen LogP contribution >= 0.6 is 0 Å². The van der Waals surface area contributed by atoms with Gasteiger partial charge >= 0.3 is 0 Å². The van der Waals surface area contributed by atoms with E-state index in [-0.39, 0.29) is 23.0 Å². The first-order valence-corrected chi connectivity index (χ1v) is 16.7. The first-order chi connectivity index (χ1) is 20.0. The number of rotatable bonds is 0. The van der Waals surface area contributed by atoms with Gasteiger partial charge in [-0.3, -0.25) is 0 Å². The zero-order chi connectivity index (χ0) is 29.6. The zero-order valence-corrected chi connectivity index (χ0v) is 25.9. The van der Waals surface area contributed by atoms with Crippen molar-refractivity contribution in [3.8, 4) is 11.5 Å². The lowest BCUT2D eigenvalue weighted by Crippen LogP contribution is -2.44. The van der Waals surface area contributed by atoms with Crippen LogP contribution in [-0.4, -0.2) is 32.6 Å². The van der Waals surface area contributed by atoms with E-state index < -0.39 is 0 Å². The standard InChI is InChI=1S/C19H26O2.C19H24O2/c2*1-11-3-7-16(20)18-12(11)4-5-13-14(18)9-10-19(2)15(13)6-8-17(19)21/h3,7,13-15,17,20-21H,4-6,8-10H2,1-2H3;3-5,7,13-15,17,20-21H,6,8-10H2,1-2H3/t2*13-,14+,15+,17-,19+/m11/s1. The molecule has 4 fully saturated rings. The third kappa shape index (κ3) is 4.07. The highest BCUT2D eigenvalue weighted by Crippen LogP contribution is 2.63. The number of aliphatic hydroxyl groups excluding tert-OH is 2. The van der Waals surface area contributed by atoms with Gasteiger partial charge in [0.05, 0.1) is 12.2 Å². The van der Waals surface area contributed by atoms with Gasteiger partial charge < -0.3 is 20.4 Å². The van der Waals surface area contributed by atoms with Crippen molar-refractivity contribution in [3.05, 3.63) is 63.7 Å². The van der Waals surface area contributed by atoms with Crippen LogP contribution in [0, 0.1) is 48.3 Å². The predicted molar refractivity (Wildman–Crippen MR) is 168 cm³/mol. The number of phenolic OH excluding ortho intramolecular Hbond substituents is 2. The third-order valence-electron chi connectivity index (χ3n) is 13.7. The summed E-state index contributed by atoms with van der Waals surface area (Å²) in [5.74, 6) is 4.21. The van der Waals surface area contributed by atoms with Crippen molar-refractivity contribution in [1.29, 1.82) is 0 Å². The number of aromatic hydroxyl groups is 2. The van der Waals surface area contributed by atoms with Crippen LogP contribution in [0.5, 0.6) is 11.5 Å². The molecule has 0 aromatic heterocycles. The molecule has 0 heterocycles. The van der Waals surface area contributed by atoms with Gasteiger partial charge in [-0.2, -0.15) is 0 Å². The Kier molecular flexibility index (Phi) is 6.86. The van der Waals surface area contributed by atoms with Gasteiger partial charge in [0, 0.05) is 11.1 Å². The summed E-state index contributed by atoms with van der Waals surface area (Å²) >= 11 is 0. The molecule has 0 radical (unpaired) electrons. The Balaban J connectivity index is 0.000000137. The molecule has 4 heteroatoms. The highest BCUT2D eigenvalue weighted by molar-refractivity contribution is 5.66. The third-order valence-corrected chi connectivity index (χ3v) is 13.7. The van der Waals surface area contributed by atoms with Crippen molar-refractivity contribution < 1.29 is 20.4 Å². The first kappa shape index (κ1) is 28.5. The molecule has 226 valence electrons. The minimum absolute atomic E-state index is 0.0719. The molecule has 0 unspecified atom stereocenters. The molecule has 0 amide bonds. The van der Waals surface area contributed by atoms with Gasteiger partial charge in [0.25, 0.3) is 0 Å². The highest BCUT2D eigenvalue weighted by Gasteiger charge is 2.55. The maximum atomic E-state index is 10.4. The summed E-state index contributed by atoms with van der Waals surface area (Å²) in [4.78, 5) is 0. The second-order valence-corrected chi connectivity index (χ2v) is 15.4.